The van der Waals surface area contributed by atoms with Gasteiger partial charge in [-0.3, -0.25) is 4.79 Å². The fourth-order valence-corrected chi connectivity index (χ4v) is 6.79. The van der Waals surface area contributed by atoms with Gasteiger partial charge in [-0.1, -0.05) is 34.6 Å². The van der Waals surface area contributed by atoms with E-state index < -0.39 is 8.32 Å². The SMILES string of the molecule is CCCOCCC[Si](OC(C)=O)(C(C)C)C(C)C. The number of hydrogen-bond donors (Lipinski definition) is 0. The Kier molecular flexibility index (Phi) is 8.53. The molecule has 3 nitrogen and oxygen atoms in total. The minimum atomic E-state index is -2.00. The highest BCUT2D eigenvalue weighted by molar-refractivity contribution is 6.77. The second kappa shape index (κ2) is 8.70. The highest BCUT2D eigenvalue weighted by atomic mass is 28.4. The first-order valence-electron chi connectivity index (χ1n) is 7.14. The normalized spacial score (nSPS) is 12.2. The van der Waals surface area contributed by atoms with Gasteiger partial charge in [0.1, 0.15) is 0 Å². The van der Waals surface area contributed by atoms with Gasteiger partial charge in [0, 0.05) is 20.1 Å². The summed E-state index contributed by atoms with van der Waals surface area (Å²) in [4.78, 5) is 11.4. The van der Waals surface area contributed by atoms with Crippen LogP contribution in [0.3, 0.4) is 0 Å². The number of carbonyl (C=O) groups is 1. The average molecular weight is 274 g/mol. The summed E-state index contributed by atoms with van der Waals surface area (Å²) in [7, 11) is -2.00. The predicted molar refractivity (Wildman–Crippen MR) is 78.3 cm³/mol. The standard InChI is InChI=1S/C14H30O3Si/c1-7-9-16-10-8-11-18(12(2)3,13(4)5)17-14(6)15/h12-13H,7-11H2,1-6H3. The molecule has 108 valence electrons. The minimum Gasteiger partial charge on any atom is -0.519 e. The fourth-order valence-electron chi connectivity index (χ4n) is 2.50. The Hall–Kier alpha value is -0.353. The third-order valence-corrected chi connectivity index (χ3v) is 9.20. The van der Waals surface area contributed by atoms with Gasteiger partial charge in [0.15, 0.2) is 0 Å². The van der Waals surface area contributed by atoms with E-state index >= 15 is 0 Å². The van der Waals surface area contributed by atoms with Crippen LogP contribution in [0.25, 0.3) is 0 Å². The maximum absolute atomic E-state index is 11.4. The van der Waals surface area contributed by atoms with Gasteiger partial charge in [-0.25, -0.2) is 0 Å². The Morgan fingerprint density at radius 2 is 1.67 bits per heavy atom. The van der Waals surface area contributed by atoms with Gasteiger partial charge in [-0.05, 0) is 30.0 Å². The van der Waals surface area contributed by atoms with E-state index in [2.05, 4.69) is 34.6 Å². The van der Waals surface area contributed by atoms with Gasteiger partial charge in [0.25, 0.3) is 14.3 Å². The summed E-state index contributed by atoms with van der Waals surface area (Å²) in [6.45, 7) is 14.0. The van der Waals surface area contributed by atoms with Crippen molar-refractivity contribution in [1.29, 1.82) is 0 Å². The van der Waals surface area contributed by atoms with Gasteiger partial charge in [-0.15, -0.1) is 0 Å². The molecule has 18 heavy (non-hydrogen) atoms. The Morgan fingerprint density at radius 1 is 1.11 bits per heavy atom. The molecule has 0 fully saturated rings. The lowest BCUT2D eigenvalue weighted by molar-refractivity contribution is -0.133. The number of rotatable bonds is 9. The van der Waals surface area contributed by atoms with Crippen LogP contribution in [0.2, 0.25) is 17.1 Å². The first-order valence-corrected chi connectivity index (χ1v) is 9.41. The van der Waals surface area contributed by atoms with Crippen LogP contribution in [0, 0.1) is 0 Å². The van der Waals surface area contributed by atoms with E-state index in [1.807, 2.05) is 0 Å². The average Bonchev–Trinajstić information content (AvgIpc) is 2.25. The summed E-state index contributed by atoms with van der Waals surface area (Å²) < 4.78 is 11.3. The molecule has 0 bridgehead atoms. The summed E-state index contributed by atoms with van der Waals surface area (Å²) in [6.07, 6.45) is 2.05. The molecule has 0 aromatic carbocycles. The Labute approximate surface area is 113 Å². The molecule has 0 aliphatic rings. The van der Waals surface area contributed by atoms with Gasteiger partial charge in [-0.2, -0.15) is 0 Å². The fraction of sp³-hybridized carbons (Fsp3) is 0.929. The maximum Gasteiger partial charge on any atom is 0.289 e. The lowest BCUT2D eigenvalue weighted by Crippen LogP contribution is -2.46. The molecule has 0 spiro atoms. The number of hydrogen-bond acceptors (Lipinski definition) is 3. The van der Waals surface area contributed by atoms with Crippen molar-refractivity contribution in [2.45, 2.75) is 71.5 Å². The zero-order chi connectivity index (χ0) is 14.2. The van der Waals surface area contributed by atoms with Crippen molar-refractivity contribution >= 4 is 14.3 Å². The van der Waals surface area contributed by atoms with Crippen molar-refractivity contribution in [3.05, 3.63) is 0 Å². The van der Waals surface area contributed by atoms with E-state index in [1.54, 1.807) is 0 Å². The van der Waals surface area contributed by atoms with Crippen molar-refractivity contribution in [1.82, 2.24) is 0 Å². The molecule has 0 N–H and O–H groups in total. The van der Waals surface area contributed by atoms with Crippen molar-refractivity contribution in [3.63, 3.8) is 0 Å². The summed E-state index contributed by atoms with van der Waals surface area (Å²) >= 11 is 0. The van der Waals surface area contributed by atoms with E-state index in [1.165, 1.54) is 6.92 Å². The molecule has 0 saturated carbocycles. The second-order valence-corrected chi connectivity index (χ2v) is 10.5. The largest absolute Gasteiger partial charge is 0.519 e. The molecule has 0 aromatic rings. The van der Waals surface area contributed by atoms with E-state index in [4.69, 9.17) is 9.16 Å². The van der Waals surface area contributed by atoms with Crippen molar-refractivity contribution in [2.75, 3.05) is 13.2 Å². The van der Waals surface area contributed by atoms with Crippen LogP contribution in [0.1, 0.15) is 54.4 Å². The molecular weight excluding hydrogens is 244 g/mol. The monoisotopic (exact) mass is 274 g/mol. The smallest absolute Gasteiger partial charge is 0.289 e. The number of carbonyl (C=O) groups excluding carboxylic acids is 1. The summed E-state index contributed by atoms with van der Waals surface area (Å²) in [6, 6.07) is 1.01. The van der Waals surface area contributed by atoms with Gasteiger partial charge in [0.05, 0.1) is 0 Å². The van der Waals surface area contributed by atoms with Crippen LogP contribution in [0.15, 0.2) is 0 Å². The molecule has 0 aromatic heterocycles. The van der Waals surface area contributed by atoms with Crippen molar-refractivity contribution < 1.29 is 14.0 Å². The molecule has 0 rings (SSSR count). The summed E-state index contributed by atoms with van der Waals surface area (Å²) in [5.74, 6) is -0.126. The van der Waals surface area contributed by atoms with Crippen LogP contribution in [-0.4, -0.2) is 27.5 Å². The topological polar surface area (TPSA) is 35.5 Å². The van der Waals surface area contributed by atoms with Crippen LogP contribution < -0.4 is 0 Å². The zero-order valence-electron chi connectivity index (χ0n) is 12.9. The first-order chi connectivity index (χ1) is 8.36. The highest BCUT2D eigenvalue weighted by Crippen LogP contribution is 2.37. The van der Waals surface area contributed by atoms with Crippen molar-refractivity contribution in [3.8, 4) is 0 Å². The van der Waals surface area contributed by atoms with Crippen LogP contribution in [0.4, 0.5) is 0 Å². The van der Waals surface area contributed by atoms with Crippen molar-refractivity contribution in [2.24, 2.45) is 0 Å². The molecule has 0 heterocycles. The van der Waals surface area contributed by atoms with Crippen LogP contribution in [0.5, 0.6) is 0 Å². The van der Waals surface area contributed by atoms with E-state index in [0.29, 0.717) is 11.1 Å². The molecule has 0 aliphatic heterocycles. The van der Waals surface area contributed by atoms with Gasteiger partial charge < -0.3 is 9.16 Å². The Morgan fingerprint density at radius 3 is 2.06 bits per heavy atom. The van der Waals surface area contributed by atoms with E-state index in [0.717, 1.165) is 32.1 Å². The van der Waals surface area contributed by atoms with Gasteiger partial charge in [0.2, 0.25) is 0 Å². The summed E-state index contributed by atoms with van der Waals surface area (Å²) in [5.41, 5.74) is 0.903. The first kappa shape index (κ1) is 17.6. The number of ether oxygens (including phenoxy) is 1. The Balaban J connectivity index is 4.49. The molecular formula is C14H30O3Si. The predicted octanol–water partition coefficient (Wildman–Crippen LogP) is 4.13. The van der Waals surface area contributed by atoms with E-state index in [-0.39, 0.29) is 5.97 Å². The molecule has 0 aliphatic carbocycles. The maximum atomic E-state index is 11.4. The quantitative estimate of drug-likeness (QED) is 0.468. The molecule has 0 radical (unpaired) electrons. The highest BCUT2D eigenvalue weighted by Gasteiger charge is 2.44. The van der Waals surface area contributed by atoms with Crippen LogP contribution in [-0.2, 0) is 14.0 Å². The molecule has 0 amide bonds. The second-order valence-electron chi connectivity index (χ2n) is 5.57. The lowest BCUT2D eigenvalue weighted by atomic mass is 10.5. The molecule has 0 atom stereocenters. The lowest BCUT2D eigenvalue weighted by Gasteiger charge is -2.37. The van der Waals surface area contributed by atoms with Gasteiger partial charge >= 0.3 is 0 Å². The third kappa shape index (κ3) is 5.53. The Bertz CT molecular complexity index is 231. The third-order valence-electron chi connectivity index (χ3n) is 3.49. The molecule has 0 unspecified atom stereocenters. The van der Waals surface area contributed by atoms with E-state index in [9.17, 15) is 4.79 Å². The molecule has 4 heteroatoms. The zero-order valence-corrected chi connectivity index (χ0v) is 13.9. The molecule has 0 saturated heterocycles. The van der Waals surface area contributed by atoms with Crippen LogP contribution >= 0.6 is 0 Å². The minimum absolute atomic E-state index is 0.126. The summed E-state index contributed by atoms with van der Waals surface area (Å²) in [5, 5.41) is 0.